The van der Waals surface area contributed by atoms with Gasteiger partial charge in [-0.15, -0.1) is 0 Å². The SMILES string of the molecule is CC(O)C(=O)O[C@@H](C=O)[C@@H](OCC(O)CO)[C@H](O)[C@H](O)CO. The Bertz CT molecular complexity index is 334. The molecule has 0 saturated heterocycles. The largest absolute Gasteiger partial charge is 0.450 e. The first-order valence-corrected chi connectivity index (χ1v) is 6.49. The van der Waals surface area contributed by atoms with Crippen LogP contribution in [0.25, 0.3) is 0 Å². The van der Waals surface area contributed by atoms with Gasteiger partial charge in [-0.2, -0.15) is 0 Å². The van der Waals surface area contributed by atoms with Gasteiger partial charge in [0.2, 0.25) is 0 Å². The summed E-state index contributed by atoms with van der Waals surface area (Å²) in [6, 6.07) is 0. The van der Waals surface area contributed by atoms with Gasteiger partial charge in [-0.3, -0.25) is 4.79 Å². The molecule has 0 aliphatic carbocycles. The summed E-state index contributed by atoms with van der Waals surface area (Å²) < 4.78 is 9.62. The highest BCUT2D eigenvalue weighted by molar-refractivity contribution is 5.76. The summed E-state index contributed by atoms with van der Waals surface area (Å²) in [7, 11) is 0. The molecule has 0 aliphatic heterocycles. The van der Waals surface area contributed by atoms with E-state index in [9.17, 15) is 24.9 Å². The van der Waals surface area contributed by atoms with E-state index >= 15 is 0 Å². The zero-order valence-electron chi connectivity index (χ0n) is 12.0. The van der Waals surface area contributed by atoms with Crippen LogP contribution in [0.2, 0.25) is 0 Å². The lowest BCUT2D eigenvalue weighted by molar-refractivity contribution is -0.185. The molecule has 0 radical (unpaired) electrons. The fourth-order valence-corrected chi connectivity index (χ4v) is 1.39. The van der Waals surface area contributed by atoms with Crippen molar-refractivity contribution in [3.63, 3.8) is 0 Å². The van der Waals surface area contributed by atoms with Gasteiger partial charge in [0.15, 0.2) is 12.4 Å². The van der Waals surface area contributed by atoms with Gasteiger partial charge in [0, 0.05) is 0 Å². The van der Waals surface area contributed by atoms with Gasteiger partial charge >= 0.3 is 5.97 Å². The monoisotopic (exact) mass is 326 g/mol. The number of hydrogen-bond donors (Lipinski definition) is 6. The topological polar surface area (TPSA) is 174 Å². The third kappa shape index (κ3) is 6.75. The third-order valence-corrected chi connectivity index (χ3v) is 2.66. The molecule has 0 aliphatic rings. The molecule has 10 heteroatoms. The molecule has 0 saturated carbocycles. The molecule has 2 unspecified atom stereocenters. The molecular weight excluding hydrogens is 304 g/mol. The van der Waals surface area contributed by atoms with Gasteiger partial charge in [-0.25, -0.2) is 4.79 Å². The number of aldehydes is 1. The Labute approximate surface area is 126 Å². The lowest BCUT2D eigenvalue weighted by Gasteiger charge is -2.30. The fourth-order valence-electron chi connectivity index (χ4n) is 1.39. The van der Waals surface area contributed by atoms with Crippen molar-refractivity contribution in [3.05, 3.63) is 0 Å². The first kappa shape index (κ1) is 20.9. The van der Waals surface area contributed by atoms with Crippen LogP contribution < -0.4 is 0 Å². The molecule has 0 spiro atoms. The Hall–Kier alpha value is -1.14. The standard InChI is InChI=1S/C12H22O10/c1-6(16)12(20)22-9(4-15)11(10(19)8(18)3-14)21-5-7(17)2-13/h4,6-11,13-14,16-19H,2-3,5H2,1H3/t6?,7?,8-,9+,10-,11-/m1/s1. The van der Waals surface area contributed by atoms with E-state index in [1.165, 1.54) is 0 Å². The van der Waals surface area contributed by atoms with Crippen molar-refractivity contribution >= 4 is 12.3 Å². The average molecular weight is 326 g/mol. The van der Waals surface area contributed by atoms with Gasteiger partial charge in [0.1, 0.15) is 30.5 Å². The van der Waals surface area contributed by atoms with Crippen molar-refractivity contribution in [1.82, 2.24) is 0 Å². The number of carbonyl (C=O) groups excluding carboxylic acids is 2. The number of aliphatic hydroxyl groups excluding tert-OH is 6. The Balaban J connectivity index is 5.06. The molecule has 0 rings (SSSR count). The molecule has 0 bridgehead atoms. The average Bonchev–Trinajstić information content (AvgIpc) is 2.51. The lowest BCUT2D eigenvalue weighted by Crippen LogP contribution is -2.51. The Morgan fingerprint density at radius 1 is 1.14 bits per heavy atom. The van der Waals surface area contributed by atoms with Crippen LogP contribution in [-0.2, 0) is 19.1 Å². The normalized spacial score (nSPS) is 19.6. The number of hydrogen-bond acceptors (Lipinski definition) is 10. The molecule has 0 amide bonds. The lowest BCUT2D eigenvalue weighted by atomic mass is 10.0. The van der Waals surface area contributed by atoms with Crippen LogP contribution in [0, 0.1) is 0 Å². The Morgan fingerprint density at radius 2 is 1.73 bits per heavy atom. The zero-order chi connectivity index (χ0) is 17.3. The van der Waals surface area contributed by atoms with Gasteiger partial charge < -0.3 is 40.1 Å². The Kier molecular flexibility index (Phi) is 10.0. The molecule has 0 aromatic rings. The summed E-state index contributed by atoms with van der Waals surface area (Å²) in [5.74, 6) is -1.17. The van der Waals surface area contributed by atoms with E-state index in [1.54, 1.807) is 0 Å². The van der Waals surface area contributed by atoms with Crippen LogP contribution in [-0.4, -0.2) is 99.3 Å². The van der Waals surface area contributed by atoms with Crippen molar-refractivity contribution in [2.75, 3.05) is 19.8 Å². The number of aliphatic hydroxyl groups is 6. The van der Waals surface area contributed by atoms with Crippen molar-refractivity contribution in [2.45, 2.75) is 43.5 Å². The van der Waals surface area contributed by atoms with Crippen LogP contribution in [0.3, 0.4) is 0 Å². The van der Waals surface area contributed by atoms with Crippen molar-refractivity contribution in [2.24, 2.45) is 0 Å². The number of ether oxygens (including phenoxy) is 2. The van der Waals surface area contributed by atoms with Gasteiger partial charge in [-0.1, -0.05) is 0 Å². The maximum Gasteiger partial charge on any atom is 0.335 e. The van der Waals surface area contributed by atoms with E-state index in [2.05, 4.69) is 4.74 Å². The van der Waals surface area contributed by atoms with E-state index in [4.69, 9.17) is 20.1 Å². The summed E-state index contributed by atoms with van der Waals surface area (Å²) in [4.78, 5) is 22.3. The third-order valence-electron chi connectivity index (χ3n) is 2.66. The van der Waals surface area contributed by atoms with Crippen LogP contribution in [0.5, 0.6) is 0 Å². The fraction of sp³-hybridized carbons (Fsp3) is 0.833. The van der Waals surface area contributed by atoms with Gasteiger partial charge in [0.25, 0.3) is 0 Å². The molecule has 0 aromatic carbocycles. The summed E-state index contributed by atoms with van der Waals surface area (Å²) in [6.07, 6.45) is -9.62. The van der Waals surface area contributed by atoms with E-state index < -0.39 is 62.4 Å². The molecule has 6 N–H and O–H groups in total. The summed E-state index contributed by atoms with van der Waals surface area (Å²) in [5.41, 5.74) is 0. The van der Waals surface area contributed by atoms with E-state index in [0.29, 0.717) is 0 Å². The highest BCUT2D eigenvalue weighted by Crippen LogP contribution is 2.13. The van der Waals surface area contributed by atoms with Crippen molar-refractivity contribution < 1.29 is 49.7 Å². The van der Waals surface area contributed by atoms with Crippen molar-refractivity contribution in [3.8, 4) is 0 Å². The van der Waals surface area contributed by atoms with Crippen LogP contribution >= 0.6 is 0 Å². The van der Waals surface area contributed by atoms with Gasteiger partial charge in [-0.05, 0) is 6.92 Å². The molecule has 22 heavy (non-hydrogen) atoms. The first-order valence-electron chi connectivity index (χ1n) is 6.49. The second-order valence-electron chi connectivity index (χ2n) is 4.59. The quantitative estimate of drug-likeness (QED) is 0.162. The highest BCUT2D eigenvalue weighted by Gasteiger charge is 2.37. The molecule has 10 nitrogen and oxygen atoms in total. The number of esters is 1. The second-order valence-corrected chi connectivity index (χ2v) is 4.59. The smallest absolute Gasteiger partial charge is 0.335 e. The van der Waals surface area contributed by atoms with E-state index in [0.717, 1.165) is 6.92 Å². The molecule has 0 aromatic heterocycles. The Morgan fingerprint density at radius 3 is 2.14 bits per heavy atom. The summed E-state index contributed by atoms with van der Waals surface area (Å²) in [6.45, 7) is -0.967. The predicted octanol–water partition coefficient (Wildman–Crippen LogP) is -4.07. The minimum atomic E-state index is -1.83. The van der Waals surface area contributed by atoms with E-state index in [1.807, 2.05) is 0 Å². The first-order chi connectivity index (χ1) is 10.3. The maximum absolute atomic E-state index is 11.3. The predicted molar refractivity (Wildman–Crippen MR) is 69.6 cm³/mol. The van der Waals surface area contributed by atoms with Crippen LogP contribution in [0.4, 0.5) is 0 Å². The minimum absolute atomic E-state index is 0.101. The van der Waals surface area contributed by atoms with Crippen LogP contribution in [0.1, 0.15) is 6.92 Å². The highest BCUT2D eigenvalue weighted by atomic mass is 16.6. The van der Waals surface area contributed by atoms with Crippen LogP contribution in [0.15, 0.2) is 0 Å². The minimum Gasteiger partial charge on any atom is -0.450 e. The maximum atomic E-state index is 11.3. The molecular formula is C12H22O10. The second kappa shape index (κ2) is 10.6. The molecule has 0 fully saturated rings. The van der Waals surface area contributed by atoms with E-state index in [-0.39, 0.29) is 6.29 Å². The molecule has 0 heterocycles. The molecule has 6 atom stereocenters. The summed E-state index contributed by atoms with van der Waals surface area (Å²) in [5, 5.41) is 55.0. The number of carbonyl (C=O) groups is 2. The zero-order valence-corrected chi connectivity index (χ0v) is 12.0. The molecule has 130 valence electrons. The number of rotatable bonds is 11. The van der Waals surface area contributed by atoms with Gasteiger partial charge in [0.05, 0.1) is 19.8 Å². The van der Waals surface area contributed by atoms with Crippen molar-refractivity contribution in [1.29, 1.82) is 0 Å². The summed E-state index contributed by atoms with van der Waals surface area (Å²) >= 11 is 0.